The topological polar surface area (TPSA) is 97.6 Å². The van der Waals surface area contributed by atoms with Gasteiger partial charge in [0.2, 0.25) is 5.91 Å². The van der Waals surface area contributed by atoms with Crippen molar-refractivity contribution in [2.75, 3.05) is 0 Å². The molecule has 6 heteroatoms. The highest BCUT2D eigenvalue weighted by Crippen LogP contribution is 2.28. The summed E-state index contributed by atoms with van der Waals surface area (Å²) in [5.74, 6) is -0.492. The molecule has 0 aliphatic rings. The molecule has 6 nitrogen and oxygen atoms in total. The number of carbonyl (C=O) groups is 1. The fourth-order valence-electron chi connectivity index (χ4n) is 3.03. The molecule has 1 aromatic carbocycles. The molecule has 0 atom stereocenters. The van der Waals surface area contributed by atoms with Gasteiger partial charge < -0.3 is 5.73 Å². The first-order valence-corrected chi connectivity index (χ1v) is 8.20. The summed E-state index contributed by atoms with van der Waals surface area (Å²) in [6, 6.07) is 11.4. The Morgan fingerprint density at radius 1 is 1.23 bits per heavy atom. The van der Waals surface area contributed by atoms with Crippen LogP contribution < -0.4 is 5.73 Å². The summed E-state index contributed by atoms with van der Waals surface area (Å²) in [6.07, 6.45) is 1.48. The Morgan fingerprint density at radius 2 is 2.00 bits per heavy atom. The zero-order valence-electron chi connectivity index (χ0n) is 14.9. The van der Waals surface area contributed by atoms with Crippen molar-refractivity contribution in [1.82, 2.24) is 14.8 Å². The maximum Gasteiger partial charge on any atom is 0.250 e. The first kappa shape index (κ1) is 17.4. The molecule has 3 rings (SSSR count). The average Bonchev–Trinajstić information content (AvgIpc) is 2.89. The SMILES string of the molecule is Cc1cc(-c2c(C)nn(Cc3ccc(C(N)=O)cn3)c2C)ccc1C#N. The molecule has 2 aromatic heterocycles. The molecule has 0 radical (unpaired) electrons. The van der Waals surface area contributed by atoms with Gasteiger partial charge in [0.15, 0.2) is 0 Å². The molecular formula is C20H19N5O. The van der Waals surface area contributed by atoms with E-state index in [-0.39, 0.29) is 0 Å². The van der Waals surface area contributed by atoms with E-state index in [1.165, 1.54) is 6.20 Å². The van der Waals surface area contributed by atoms with Crippen molar-refractivity contribution < 1.29 is 4.79 Å². The van der Waals surface area contributed by atoms with Crippen LogP contribution >= 0.6 is 0 Å². The van der Waals surface area contributed by atoms with Gasteiger partial charge in [-0.05, 0) is 56.2 Å². The van der Waals surface area contributed by atoms with E-state index in [0.29, 0.717) is 17.7 Å². The van der Waals surface area contributed by atoms with Crippen LogP contribution in [0.4, 0.5) is 0 Å². The highest BCUT2D eigenvalue weighted by Gasteiger charge is 2.15. The number of hydrogen-bond donors (Lipinski definition) is 1. The van der Waals surface area contributed by atoms with Crippen molar-refractivity contribution in [3.63, 3.8) is 0 Å². The second-order valence-corrected chi connectivity index (χ2v) is 6.25. The summed E-state index contributed by atoms with van der Waals surface area (Å²) in [6.45, 7) is 6.42. The predicted molar refractivity (Wildman–Crippen MR) is 98.4 cm³/mol. The van der Waals surface area contributed by atoms with Crippen molar-refractivity contribution in [3.05, 3.63) is 70.3 Å². The van der Waals surface area contributed by atoms with Gasteiger partial charge in [0, 0.05) is 17.5 Å². The zero-order chi connectivity index (χ0) is 18.8. The van der Waals surface area contributed by atoms with Crippen LogP contribution in [0.2, 0.25) is 0 Å². The van der Waals surface area contributed by atoms with Gasteiger partial charge in [-0.2, -0.15) is 10.4 Å². The van der Waals surface area contributed by atoms with Gasteiger partial charge in [-0.25, -0.2) is 0 Å². The van der Waals surface area contributed by atoms with Gasteiger partial charge in [0.05, 0.1) is 35.1 Å². The minimum absolute atomic E-state index is 0.385. The van der Waals surface area contributed by atoms with Crippen molar-refractivity contribution in [3.8, 4) is 17.2 Å². The van der Waals surface area contributed by atoms with Gasteiger partial charge in [0.1, 0.15) is 0 Å². The highest BCUT2D eigenvalue weighted by molar-refractivity contribution is 5.92. The number of hydrogen-bond acceptors (Lipinski definition) is 4. The van der Waals surface area contributed by atoms with Crippen LogP contribution in [0.3, 0.4) is 0 Å². The number of nitriles is 1. The summed E-state index contributed by atoms with van der Waals surface area (Å²) < 4.78 is 1.89. The number of carbonyl (C=O) groups excluding carboxylic acids is 1. The van der Waals surface area contributed by atoms with Crippen molar-refractivity contribution in [2.24, 2.45) is 5.73 Å². The molecule has 130 valence electrons. The van der Waals surface area contributed by atoms with E-state index >= 15 is 0 Å². The molecule has 3 aromatic rings. The van der Waals surface area contributed by atoms with Crippen molar-refractivity contribution in [2.45, 2.75) is 27.3 Å². The fourth-order valence-corrected chi connectivity index (χ4v) is 3.03. The molecule has 0 saturated carbocycles. The van der Waals surface area contributed by atoms with Crippen LogP contribution in [0.25, 0.3) is 11.1 Å². The van der Waals surface area contributed by atoms with Gasteiger partial charge in [0.25, 0.3) is 0 Å². The number of pyridine rings is 1. The molecule has 0 unspecified atom stereocenters. The number of nitrogens with two attached hydrogens (primary N) is 1. The van der Waals surface area contributed by atoms with Crippen LogP contribution in [0.1, 0.15) is 38.6 Å². The second-order valence-electron chi connectivity index (χ2n) is 6.25. The third kappa shape index (κ3) is 3.20. The summed E-state index contributed by atoms with van der Waals surface area (Å²) in [4.78, 5) is 15.4. The van der Waals surface area contributed by atoms with E-state index in [1.807, 2.05) is 43.7 Å². The molecule has 1 amide bonds. The maximum absolute atomic E-state index is 11.1. The summed E-state index contributed by atoms with van der Waals surface area (Å²) in [5, 5.41) is 13.7. The lowest BCUT2D eigenvalue weighted by Crippen LogP contribution is -2.12. The van der Waals surface area contributed by atoms with E-state index < -0.39 is 5.91 Å². The Kier molecular flexibility index (Phi) is 4.55. The largest absolute Gasteiger partial charge is 0.366 e. The molecule has 0 saturated heterocycles. The van der Waals surface area contributed by atoms with Crippen LogP contribution in [-0.4, -0.2) is 20.7 Å². The predicted octanol–water partition coefficient (Wildman–Crippen LogP) is 2.89. The lowest BCUT2D eigenvalue weighted by Gasteiger charge is -2.07. The van der Waals surface area contributed by atoms with Crippen LogP contribution in [0, 0.1) is 32.1 Å². The molecule has 0 aliphatic heterocycles. The molecular weight excluding hydrogens is 326 g/mol. The standard InChI is InChI=1S/C20H19N5O/c1-12-8-15(4-5-16(12)9-21)19-13(2)24-25(14(19)3)11-18-7-6-17(10-23-18)20(22)26/h4-8,10H,11H2,1-3H3,(H2,22,26). The third-order valence-electron chi connectivity index (χ3n) is 4.44. The molecule has 0 spiro atoms. The first-order chi connectivity index (χ1) is 12.4. The van der Waals surface area contributed by atoms with E-state index in [1.54, 1.807) is 12.1 Å². The Balaban J connectivity index is 1.94. The zero-order valence-corrected chi connectivity index (χ0v) is 14.9. The Bertz CT molecular complexity index is 1030. The maximum atomic E-state index is 11.1. The Hall–Kier alpha value is -3.46. The van der Waals surface area contributed by atoms with Gasteiger partial charge in [-0.1, -0.05) is 6.07 Å². The normalized spacial score (nSPS) is 10.5. The fraction of sp³-hybridized carbons (Fsp3) is 0.200. The summed E-state index contributed by atoms with van der Waals surface area (Å²) >= 11 is 0. The number of primary amides is 1. The number of nitrogens with zero attached hydrogens (tertiary/aromatic N) is 4. The number of aryl methyl sites for hydroxylation is 2. The molecule has 0 aliphatic carbocycles. The van der Waals surface area contributed by atoms with Gasteiger partial charge >= 0.3 is 0 Å². The quantitative estimate of drug-likeness (QED) is 0.786. The number of benzene rings is 1. The molecule has 26 heavy (non-hydrogen) atoms. The van der Waals surface area contributed by atoms with E-state index in [2.05, 4.69) is 16.2 Å². The highest BCUT2D eigenvalue weighted by atomic mass is 16.1. The lowest BCUT2D eigenvalue weighted by atomic mass is 9.99. The van der Waals surface area contributed by atoms with Crippen LogP contribution in [-0.2, 0) is 6.54 Å². The van der Waals surface area contributed by atoms with Crippen molar-refractivity contribution >= 4 is 5.91 Å². The van der Waals surface area contributed by atoms with E-state index in [4.69, 9.17) is 11.0 Å². The summed E-state index contributed by atoms with van der Waals surface area (Å²) in [5.41, 5.74) is 12.1. The van der Waals surface area contributed by atoms with Crippen LogP contribution in [0.5, 0.6) is 0 Å². The second kappa shape index (κ2) is 6.81. The van der Waals surface area contributed by atoms with E-state index in [9.17, 15) is 4.79 Å². The summed E-state index contributed by atoms with van der Waals surface area (Å²) in [7, 11) is 0. The lowest BCUT2D eigenvalue weighted by molar-refractivity contribution is 0.1000. The smallest absolute Gasteiger partial charge is 0.250 e. The third-order valence-corrected chi connectivity index (χ3v) is 4.44. The van der Waals surface area contributed by atoms with Gasteiger partial charge in [-0.3, -0.25) is 14.5 Å². The molecule has 2 heterocycles. The number of rotatable bonds is 4. The van der Waals surface area contributed by atoms with Gasteiger partial charge in [-0.15, -0.1) is 0 Å². The molecule has 0 bridgehead atoms. The Labute approximate surface area is 151 Å². The molecule has 0 fully saturated rings. The minimum atomic E-state index is -0.492. The van der Waals surface area contributed by atoms with Crippen molar-refractivity contribution in [1.29, 1.82) is 5.26 Å². The number of aromatic nitrogens is 3. The van der Waals surface area contributed by atoms with E-state index in [0.717, 1.165) is 33.8 Å². The average molecular weight is 345 g/mol. The Morgan fingerprint density at radius 3 is 2.58 bits per heavy atom. The molecule has 2 N–H and O–H groups in total. The first-order valence-electron chi connectivity index (χ1n) is 8.20. The van der Waals surface area contributed by atoms with Crippen LogP contribution in [0.15, 0.2) is 36.5 Å². The monoisotopic (exact) mass is 345 g/mol. The minimum Gasteiger partial charge on any atom is -0.366 e. The number of amides is 1.